The minimum atomic E-state index is -0.0786. The number of halogens is 1. The Labute approximate surface area is 108 Å². The number of hydrogen-bond donors (Lipinski definition) is 2. The van der Waals surface area contributed by atoms with Crippen LogP contribution in [0.2, 0.25) is 5.02 Å². The maximum atomic E-state index is 11.6. The predicted octanol–water partition coefficient (Wildman–Crippen LogP) is 2.52. The Kier molecular flexibility index (Phi) is 5.45. The molecule has 0 aliphatic rings. The standard InChI is InChI=1S/C13H19ClN2O/c1-9(2)15-8-13(17)16-10(3)11-6-4-5-7-12(11)14/h4-7,9-10,15H,8H2,1-3H3,(H,16,17)/t10-/m1/s1. The van der Waals surface area contributed by atoms with E-state index >= 15 is 0 Å². The Balaban J connectivity index is 2.52. The van der Waals surface area contributed by atoms with E-state index in [1.54, 1.807) is 0 Å². The van der Waals surface area contributed by atoms with Gasteiger partial charge in [0.1, 0.15) is 0 Å². The summed E-state index contributed by atoms with van der Waals surface area (Å²) in [5.74, 6) is -0.0221. The van der Waals surface area contributed by atoms with Crippen LogP contribution >= 0.6 is 11.6 Å². The fraction of sp³-hybridized carbons (Fsp3) is 0.462. The first-order chi connectivity index (χ1) is 8.00. The van der Waals surface area contributed by atoms with Crippen LogP contribution in [0.25, 0.3) is 0 Å². The van der Waals surface area contributed by atoms with Crippen LogP contribution in [0, 0.1) is 0 Å². The second-order valence-electron chi connectivity index (χ2n) is 4.35. The largest absolute Gasteiger partial charge is 0.348 e. The molecule has 1 aromatic rings. The molecule has 0 aliphatic heterocycles. The van der Waals surface area contributed by atoms with Crippen LogP contribution in [0.5, 0.6) is 0 Å². The van der Waals surface area contributed by atoms with Gasteiger partial charge in [-0.1, -0.05) is 43.6 Å². The molecule has 2 N–H and O–H groups in total. The third kappa shape index (κ3) is 4.75. The Hall–Kier alpha value is -1.06. The number of benzene rings is 1. The highest BCUT2D eigenvalue weighted by molar-refractivity contribution is 6.31. The van der Waals surface area contributed by atoms with Crippen LogP contribution in [0.1, 0.15) is 32.4 Å². The molecule has 0 aliphatic carbocycles. The molecule has 1 atom stereocenters. The summed E-state index contributed by atoms with van der Waals surface area (Å²) in [5.41, 5.74) is 0.937. The second kappa shape index (κ2) is 6.62. The van der Waals surface area contributed by atoms with E-state index < -0.39 is 0 Å². The lowest BCUT2D eigenvalue weighted by Crippen LogP contribution is -2.38. The summed E-state index contributed by atoms with van der Waals surface area (Å²) < 4.78 is 0. The van der Waals surface area contributed by atoms with E-state index in [1.165, 1.54) is 0 Å². The van der Waals surface area contributed by atoms with Crippen molar-refractivity contribution in [2.45, 2.75) is 32.9 Å². The lowest BCUT2D eigenvalue weighted by atomic mass is 10.1. The number of carbonyl (C=O) groups excluding carboxylic acids is 1. The summed E-state index contributed by atoms with van der Waals surface area (Å²) in [4.78, 5) is 11.6. The van der Waals surface area contributed by atoms with Gasteiger partial charge in [-0.15, -0.1) is 0 Å². The summed E-state index contributed by atoms with van der Waals surface area (Å²) in [6, 6.07) is 7.76. The van der Waals surface area contributed by atoms with Gasteiger partial charge in [0.15, 0.2) is 0 Å². The molecule has 0 heterocycles. The summed E-state index contributed by atoms with van der Waals surface area (Å²) in [7, 11) is 0. The molecule has 0 radical (unpaired) electrons. The molecule has 3 nitrogen and oxygen atoms in total. The zero-order chi connectivity index (χ0) is 12.8. The van der Waals surface area contributed by atoms with Crippen LogP contribution < -0.4 is 10.6 Å². The van der Waals surface area contributed by atoms with E-state index in [0.717, 1.165) is 5.56 Å². The second-order valence-corrected chi connectivity index (χ2v) is 4.75. The summed E-state index contributed by atoms with van der Waals surface area (Å²) >= 11 is 6.06. The maximum Gasteiger partial charge on any atom is 0.234 e. The van der Waals surface area contributed by atoms with Crippen molar-refractivity contribution < 1.29 is 4.79 Å². The summed E-state index contributed by atoms with van der Waals surface area (Å²) in [6.07, 6.45) is 0. The van der Waals surface area contributed by atoms with E-state index in [9.17, 15) is 4.79 Å². The smallest absolute Gasteiger partial charge is 0.234 e. The van der Waals surface area contributed by atoms with Gasteiger partial charge in [-0.2, -0.15) is 0 Å². The maximum absolute atomic E-state index is 11.6. The first-order valence-corrected chi connectivity index (χ1v) is 6.15. The Morgan fingerprint density at radius 2 is 1.94 bits per heavy atom. The molecule has 0 aromatic heterocycles. The van der Waals surface area contributed by atoms with Crippen LogP contribution in [-0.4, -0.2) is 18.5 Å². The van der Waals surface area contributed by atoms with Crippen LogP contribution in [0.15, 0.2) is 24.3 Å². The van der Waals surface area contributed by atoms with Crippen LogP contribution in [-0.2, 0) is 4.79 Å². The number of nitrogens with one attached hydrogen (secondary N) is 2. The van der Waals surface area contributed by atoms with Crippen molar-refractivity contribution in [3.8, 4) is 0 Å². The van der Waals surface area contributed by atoms with Crippen molar-refractivity contribution in [3.05, 3.63) is 34.9 Å². The summed E-state index contributed by atoms with van der Waals surface area (Å²) in [6.45, 7) is 6.26. The number of rotatable bonds is 5. The Morgan fingerprint density at radius 3 is 2.53 bits per heavy atom. The SMILES string of the molecule is CC(C)NCC(=O)N[C@H](C)c1ccccc1Cl. The van der Waals surface area contributed by atoms with Gasteiger partial charge in [0, 0.05) is 11.1 Å². The topological polar surface area (TPSA) is 41.1 Å². The quantitative estimate of drug-likeness (QED) is 0.848. The molecule has 0 spiro atoms. The number of carbonyl (C=O) groups is 1. The Morgan fingerprint density at radius 1 is 1.29 bits per heavy atom. The van der Waals surface area contributed by atoms with Crippen molar-refractivity contribution in [1.82, 2.24) is 10.6 Å². The summed E-state index contributed by atoms with van der Waals surface area (Å²) in [5, 5.41) is 6.66. The molecular formula is C13H19ClN2O. The van der Waals surface area contributed by atoms with Crippen molar-refractivity contribution in [2.24, 2.45) is 0 Å². The molecule has 94 valence electrons. The van der Waals surface area contributed by atoms with Crippen molar-refractivity contribution in [1.29, 1.82) is 0 Å². The normalized spacial score (nSPS) is 12.5. The highest BCUT2D eigenvalue weighted by Gasteiger charge is 2.11. The molecule has 0 bridgehead atoms. The molecule has 0 fully saturated rings. The molecule has 0 unspecified atom stereocenters. The van der Waals surface area contributed by atoms with E-state index in [0.29, 0.717) is 17.6 Å². The van der Waals surface area contributed by atoms with E-state index in [2.05, 4.69) is 10.6 Å². The Bertz CT molecular complexity index is 379. The van der Waals surface area contributed by atoms with Crippen LogP contribution in [0.4, 0.5) is 0 Å². The molecule has 17 heavy (non-hydrogen) atoms. The lowest BCUT2D eigenvalue weighted by Gasteiger charge is -2.16. The zero-order valence-electron chi connectivity index (χ0n) is 10.5. The highest BCUT2D eigenvalue weighted by Crippen LogP contribution is 2.21. The van der Waals surface area contributed by atoms with Crippen molar-refractivity contribution in [3.63, 3.8) is 0 Å². The van der Waals surface area contributed by atoms with Crippen molar-refractivity contribution >= 4 is 17.5 Å². The molecule has 0 saturated heterocycles. The van der Waals surface area contributed by atoms with Gasteiger partial charge in [0.2, 0.25) is 5.91 Å². The minimum absolute atomic E-state index is 0.0221. The fourth-order valence-electron chi connectivity index (χ4n) is 1.49. The number of amides is 1. The zero-order valence-corrected chi connectivity index (χ0v) is 11.2. The average Bonchev–Trinajstić information content (AvgIpc) is 2.26. The first-order valence-electron chi connectivity index (χ1n) is 5.78. The van der Waals surface area contributed by atoms with Gasteiger partial charge in [-0.05, 0) is 18.6 Å². The molecule has 0 saturated carbocycles. The minimum Gasteiger partial charge on any atom is -0.348 e. The molecule has 4 heteroatoms. The van der Waals surface area contributed by atoms with Gasteiger partial charge in [0.05, 0.1) is 12.6 Å². The van der Waals surface area contributed by atoms with Crippen molar-refractivity contribution in [2.75, 3.05) is 6.54 Å². The van der Waals surface area contributed by atoms with Crippen LogP contribution in [0.3, 0.4) is 0 Å². The van der Waals surface area contributed by atoms with Gasteiger partial charge < -0.3 is 10.6 Å². The third-order valence-electron chi connectivity index (χ3n) is 2.42. The lowest BCUT2D eigenvalue weighted by molar-refractivity contribution is -0.121. The van der Waals surface area contributed by atoms with E-state index in [4.69, 9.17) is 11.6 Å². The first kappa shape index (κ1) is 14.0. The number of hydrogen-bond acceptors (Lipinski definition) is 2. The van der Waals surface area contributed by atoms with E-state index in [-0.39, 0.29) is 11.9 Å². The van der Waals surface area contributed by atoms with E-state index in [1.807, 2.05) is 45.0 Å². The predicted molar refractivity (Wildman–Crippen MR) is 71.1 cm³/mol. The molecule has 1 aromatic carbocycles. The van der Waals surface area contributed by atoms with Gasteiger partial charge >= 0.3 is 0 Å². The molecule has 1 rings (SSSR count). The van der Waals surface area contributed by atoms with Gasteiger partial charge in [-0.3, -0.25) is 4.79 Å². The fourth-order valence-corrected chi connectivity index (χ4v) is 1.79. The molecular weight excluding hydrogens is 236 g/mol. The highest BCUT2D eigenvalue weighted by atomic mass is 35.5. The van der Waals surface area contributed by atoms with Gasteiger partial charge in [0.25, 0.3) is 0 Å². The average molecular weight is 255 g/mol. The monoisotopic (exact) mass is 254 g/mol. The molecule has 1 amide bonds. The van der Waals surface area contributed by atoms with Gasteiger partial charge in [-0.25, -0.2) is 0 Å². The third-order valence-corrected chi connectivity index (χ3v) is 2.76.